The molecule has 0 radical (unpaired) electrons. The number of carboxylic acid groups (broad SMARTS) is 1. The predicted octanol–water partition coefficient (Wildman–Crippen LogP) is 2.73. The second-order valence-electron chi connectivity index (χ2n) is 8.38. The first-order valence-corrected chi connectivity index (χ1v) is 11.4. The Morgan fingerprint density at radius 1 is 0.794 bits per heavy atom. The molecule has 0 saturated carbocycles. The van der Waals surface area contributed by atoms with Gasteiger partial charge in [-0.1, -0.05) is 42.5 Å². The molecule has 1 aliphatic heterocycles. The summed E-state index contributed by atoms with van der Waals surface area (Å²) in [5.41, 5.74) is 6.90. The molecule has 1 aliphatic carbocycles. The second kappa shape index (κ2) is 10.3. The maximum atomic E-state index is 13.3. The van der Waals surface area contributed by atoms with E-state index in [0.29, 0.717) is 6.54 Å². The van der Waals surface area contributed by atoms with Crippen LogP contribution >= 0.6 is 0 Å². The number of anilines is 1. The van der Waals surface area contributed by atoms with Crippen molar-refractivity contribution in [1.29, 1.82) is 0 Å². The van der Waals surface area contributed by atoms with Gasteiger partial charge in [-0.3, -0.25) is 19.2 Å². The van der Waals surface area contributed by atoms with E-state index in [4.69, 9.17) is 5.11 Å². The molecule has 0 bridgehead atoms. The minimum Gasteiger partial charge on any atom is -0.481 e. The van der Waals surface area contributed by atoms with Crippen molar-refractivity contribution in [3.8, 4) is 0 Å². The van der Waals surface area contributed by atoms with Crippen molar-refractivity contribution in [2.75, 3.05) is 18.0 Å². The minimum absolute atomic E-state index is 0.101. The van der Waals surface area contributed by atoms with Crippen LogP contribution in [0.5, 0.6) is 0 Å². The van der Waals surface area contributed by atoms with Crippen LogP contribution < -0.4 is 15.5 Å². The molecule has 8 heteroatoms. The van der Waals surface area contributed by atoms with Gasteiger partial charge in [0.2, 0.25) is 17.7 Å². The van der Waals surface area contributed by atoms with Gasteiger partial charge in [-0.25, -0.2) is 0 Å². The summed E-state index contributed by atoms with van der Waals surface area (Å²) < 4.78 is 0. The average molecular weight is 462 g/mol. The van der Waals surface area contributed by atoms with Gasteiger partial charge in [-0.05, 0) is 41.2 Å². The lowest BCUT2D eigenvalue weighted by atomic mass is 9.77. The monoisotopic (exact) mass is 461 g/mol. The molecule has 2 aliphatic rings. The van der Waals surface area contributed by atoms with E-state index in [1.807, 2.05) is 30.3 Å². The lowest BCUT2D eigenvalue weighted by molar-refractivity contribution is -0.138. The average Bonchev–Trinajstić information content (AvgIpc) is 2.80. The van der Waals surface area contributed by atoms with E-state index in [9.17, 15) is 19.2 Å². The van der Waals surface area contributed by atoms with Crippen molar-refractivity contribution in [3.63, 3.8) is 0 Å². The number of amides is 3. The molecule has 0 saturated heterocycles. The fraction of sp³-hybridized carbons (Fsp3) is 0.308. The first kappa shape index (κ1) is 23.2. The molecule has 0 atom stereocenters. The van der Waals surface area contributed by atoms with Gasteiger partial charge in [0, 0.05) is 24.9 Å². The molecule has 0 fully saturated rings. The molecule has 8 nitrogen and oxygen atoms in total. The van der Waals surface area contributed by atoms with Crippen molar-refractivity contribution in [2.24, 2.45) is 0 Å². The van der Waals surface area contributed by atoms with E-state index in [0.717, 1.165) is 29.7 Å². The van der Waals surface area contributed by atoms with Gasteiger partial charge in [0.15, 0.2) is 0 Å². The summed E-state index contributed by atoms with van der Waals surface area (Å²) in [5, 5.41) is 13.6. The van der Waals surface area contributed by atoms with Crippen LogP contribution in [0.2, 0.25) is 0 Å². The largest absolute Gasteiger partial charge is 0.481 e. The molecule has 0 unspecified atom stereocenters. The molecule has 34 heavy (non-hydrogen) atoms. The number of fused-ring (bicyclic) bond motifs is 4. The number of hydrogen-bond acceptors (Lipinski definition) is 4. The minimum atomic E-state index is -1.07. The van der Waals surface area contributed by atoms with Crippen molar-refractivity contribution in [3.05, 3.63) is 65.2 Å². The molecule has 2 aromatic carbocycles. The number of carbonyl (C=O) groups is 4. The Bertz CT molecular complexity index is 1170. The van der Waals surface area contributed by atoms with Gasteiger partial charge < -0.3 is 20.6 Å². The lowest BCUT2D eigenvalue weighted by Gasteiger charge is -2.35. The third-order valence-corrected chi connectivity index (χ3v) is 6.15. The maximum absolute atomic E-state index is 13.3. The highest BCUT2D eigenvalue weighted by Crippen LogP contribution is 2.47. The summed E-state index contributed by atoms with van der Waals surface area (Å²) in [7, 11) is 0. The number of benzene rings is 2. The maximum Gasteiger partial charge on any atom is 0.303 e. The SMILES string of the molecule is O=C(O)CCC(=O)NCC(=O)NCCC(=O)N1Cc2ccccc2C2=C(CC2)c2ccccc21. The Hall–Kier alpha value is -3.94. The summed E-state index contributed by atoms with van der Waals surface area (Å²) in [6.45, 7) is 0.330. The molecule has 0 spiro atoms. The molecular formula is C26H27N3O5. The Balaban J connectivity index is 1.40. The van der Waals surface area contributed by atoms with Crippen LogP contribution in [0.4, 0.5) is 5.69 Å². The second-order valence-corrected chi connectivity index (χ2v) is 8.38. The zero-order chi connectivity index (χ0) is 24.1. The molecule has 2 aromatic rings. The fourth-order valence-corrected chi connectivity index (χ4v) is 4.36. The number of aliphatic carboxylic acids is 1. The molecular weight excluding hydrogens is 434 g/mol. The Morgan fingerprint density at radius 2 is 1.47 bits per heavy atom. The fourth-order valence-electron chi connectivity index (χ4n) is 4.36. The van der Waals surface area contributed by atoms with E-state index >= 15 is 0 Å². The quantitative estimate of drug-likeness (QED) is 0.559. The van der Waals surface area contributed by atoms with Gasteiger partial charge in [-0.2, -0.15) is 0 Å². The number of nitrogens with zero attached hydrogens (tertiary/aromatic N) is 1. The van der Waals surface area contributed by atoms with Crippen LogP contribution in [0.15, 0.2) is 48.5 Å². The zero-order valence-electron chi connectivity index (χ0n) is 18.8. The molecule has 3 N–H and O–H groups in total. The normalized spacial score (nSPS) is 13.9. The van der Waals surface area contributed by atoms with Gasteiger partial charge in [0.05, 0.1) is 25.2 Å². The Labute approximate surface area is 197 Å². The van der Waals surface area contributed by atoms with Crippen molar-refractivity contribution >= 4 is 40.5 Å². The smallest absolute Gasteiger partial charge is 0.303 e. The third-order valence-electron chi connectivity index (χ3n) is 6.15. The van der Waals surface area contributed by atoms with Crippen LogP contribution in [0.3, 0.4) is 0 Å². The summed E-state index contributed by atoms with van der Waals surface area (Å²) in [5.74, 6) is -2.11. The molecule has 0 aromatic heterocycles. The molecule has 176 valence electrons. The number of rotatable bonds is 8. The van der Waals surface area contributed by atoms with Crippen molar-refractivity contribution in [1.82, 2.24) is 10.6 Å². The van der Waals surface area contributed by atoms with Gasteiger partial charge >= 0.3 is 5.97 Å². The van der Waals surface area contributed by atoms with E-state index in [1.165, 1.54) is 16.7 Å². The van der Waals surface area contributed by atoms with Crippen LogP contribution in [-0.2, 0) is 25.7 Å². The summed E-state index contributed by atoms with van der Waals surface area (Å²) in [4.78, 5) is 49.1. The van der Waals surface area contributed by atoms with Crippen LogP contribution in [0.1, 0.15) is 48.8 Å². The summed E-state index contributed by atoms with van der Waals surface area (Å²) in [6, 6.07) is 16.1. The van der Waals surface area contributed by atoms with Gasteiger partial charge in [-0.15, -0.1) is 0 Å². The first-order valence-electron chi connectivity index (χ1n) is 11.4. The number of nitrogens with one attached hydrogen (secondary N) is 2. The number of carbonyl (C=O) groups excluding carboxylic acids is 3. The van der Waals surface area contributed by atoms with Crippen LogP contribution in [0.25, 0.3) is 11.1 Å². The van der Waals surface area contributed by atoms with Crippen molar-refractivity contribution in [2.45, 2.75) is 38.6 Å². The number of hydrogen-bond donors (Lipinski definition) is 3. The molecule has 4 rings (SSSR count). The molecule has 1 heterocycles. The van der Waals surface area contributed by atoms with Gasteiger partial charge in [0.25, 0.3) is 0 Å². The zero-order valence-corrected chi connectivity index (χ0v) is 18.8. The molecule has 3 amide bonds. The highest BCUT2D eigenvalue weighted by Gasteiger charge is 2.30. The Kier molecular flexibility index (Phi) is 7.06. The van der Waals surface area contributed by atoms with Crippen molar-refractivity contribution < 1.29 is 24.3 Å². The van der Waals surface area contributed by atoms with E-state index in [-0.39, 0.29) is 38.3 Å². The van der Waals surface area contributed by atoms with E-state index < -0.39 is 17.8 Å². The predicted molar refractivity (Wildman–Crippen MR) is 128 cm³/mol. The van der Waals surface area contributed by atoms with Crippen LogP contribution in [0, 0.1) is 0 Å². The van der Waals surface area contributed by atoms with E-state index in [2.05, 4.69) is 28.8 Å². The summed E-state index contributed by atoms with van der Waals surface area (Å²) in [6.07, 6.45) is 1.65. The number of para-hydroxylation sites is 1. The topological polar surface area (TPSA) is 116 Å². The van der Waals surface area contributed by atoms with Gasteiger partial charge in [0.1, 0.15) is 0 Å². The third kappa shape index (κ3) is 5.17. The summed E-state index contributed by atoms with van der Waals surface area (Å²) >= 11 is 0. The standard InChI is InChI=1S/C26H27N3O5/c30-23(11-12-26(33)34)28-15-24(31)27-14-13-25(32)29-16-17-5-1-2-6-18(17)19-9-10-20(19)21-7-3-4-8-22(21)29/h1-8H,9-16H2,(H,27,31)(H,28,30)(H,33,34). The first-order chi connectivity index (χ1) is 16.4. The Morgan fingerprint density at radius 3 is 2.21 bits per heavy atom. The van der Waals surface area contributed by atoms with Crippen LogP contribution in [-0.4, -0.2) is 41.9 Å². The van der Waals surface area contributed by atoms with E-state index in [1.54, 1.807) is 4.90 Å². The highest BCUT2D eigenvalue weighted by atomic mass is 16.4. The number of carboxylic acids is 1. The highest BCUT2D eigenvalue weighted by molar-refractivity contribution is 6.05. The lowest BCUT2D eigenvalue weighted by Crippen LogP contribution is -2.39. The number of allylic oxidation sites excluding steroid dienone is 2.